The lowest BCUT2D eigenvalue weighted by Crippen LogP contribution is -2.30. The maximum atomic E-state index is 6.85. The van der Waals surface area contributed by atoms with E-state index in [1.54, 1.807) is 0 Å². The van der Waals surface area contributed by atoms with Crippen LogP contribution in [-0.4, -0.2) is 16.2 Å². The first kappa shape index (κ1) is 38.8. The highest BCUT2D eigenvalue weighted by Crippen LogP contribution is 2.51. The van der Waals surface area contributed by atoms with Crippen molar-refractivity contribution in [2.45, 2.75) is 37.5 Å². The van der Waals surface area contributed by atoms with E-state index in [4.69, 9.17) is 9.72 Å². The molecule has 12 rings (SSSR count). The first-order valence-electron chi connectivity index (χ1n) is 22.9. The summed E-state index contributed by atoms with van der Waals surface area (Å²) in [5.41, 5.74) is 14.2. The minimum Gasteiger partial charge on any atom is -0.457 e. The molecular formula is C60H48N4O. The van der Waals surface area contributed by atoms with Crippen LogP contribution in [0.2, 0.25) is 0 Å². The molecule has 65 heavy (non-hydrogen) atoms. The highest BCUT2D eigenvalue weighted by atomic mass is 16.5. The largest absolute Gasteiger partial charge is 0.457 e. The van der Waals surface area contributed by atoms with Crippen LogP contribution in [0.3, 0.4) is 0 Å². The normalized spacial score (nSPS) is 14.5. The molecule has 5 nitrogen and oxygen atoms in total. The van der Waals surface area contributed by atoms with Crippen LogP contribution >= 0.6 is 0 Å². The molecule has 1 fully saturated rings. The van der Waals surface area contributed by atoms with Crippen LogP contribution in [0.1, 0.15) is 43.2 Å². The Balaban J connectivity index is 0.912. The van der Waals surface area contributed by atoms with Crippen molar-refractivity contribution in [3.63, 3.8) is 0 Å². The molecule has 1 aliphatic heterocycles. The third kappa shape index (κ3) is 6.83. The Morgan fingerprint density at radius 1 is 0.446 bits per heavy atom. The number of para-hydroxylation sites is 4. The zero-order valence-electron chi connectivity index (χ0n) is 36.2. The summed E-state index contributed by atoms with van der Waals surface area (Å²) in [6.45, 7) is 0.635. The number of rotatable bonds is 9. The van der Waals surface area contributed by atoms with Gasteiger partial charge in [0.1, 0.15) is 24.0 Å². The Labute approximate surface area is 380 Å². The summed E-state index contributed by atoms with van der Waals surface area (Å²) in [4.78, 5) is 9.94. The van der Waals surface area contributed by atoms with Gasteiger partial charge >= 0.3 is 0 Å². The fraction of sp³-hybridized carbons (Fsp3) is 0.117. The van der Waals surface area contributed by atoms with E-state index in [9.17, 15) is 0 Å². The number of fused-ring (bicyclic) bond motifs is 4. The van der Waals surface area contributed by atoms with Crippen molar-refractivity contribution < 1.29 is 4.74 Å². The molecular weight excluding hydrogens is 793 g/mol. The van der Waals surface area contributed by atoms with E-state index >= 15 is 0 Å². The second-order valence-electron chi connectivity index (χ2n) is 17.5. The lowest BCUT2D eigenvalue weighted by atomic mass is 9.65. The van der Waals surface area contributed by atoms with E-state index in [0.29, 0.717) is 6.67 Å². The number of hydrogen-bond donors (Lipinski definition) is 0. The maximum absolute atomic E-state index is 6.85. The molecule has 2 aliphatic rings. The van der Waals surface area contributed by atoms with E-state index < -0.39 is 0 Å². The summed E-state index contributed by atoms with van der Waals surface area (Å²) in [6, 6.07) is 76.2. The number of anilines is 4. The number of nitrogens with zero attached hydrogens (tertiary/aromatic N) is 4. The van der Waals surface area contributed by atoms with Crippen LogP contribution in [0.25, 0.3) is 49.9 Å². The van der Waals surface area contributed by atoms with Crippen molar-refractivity contribution in [3.05, 3.63) is 230 Å². The van der Waals surface area contributed by atoms with Crippen LogP contribution in [0, 0.1) is 0 Å². The number of aromatic nitrogens is 2. The Hall–Kier alpha value is -7.89. The summed E-state index contributed by atoms with van der Waals surface area (Å²) in [5, 5.41) is 2.36. The third-order valence-corrected chi connectivity index (χ3v) is 13.8. The summed E-state index contributed by atoms with van der Waals surface area (Å²) in [5.74, 6) is 2.48. The van der Waals surface area contributed by atoms with E-state index in [2.05, 4.69) is 227 Å². The minimum absolute atomic E-state index is 0.0302. The molecule has 0 radical (unpaired) electrons. The van der Waals surface area contributed by atoms with Crippen LogP contribution in [0.15, 0.2) is 219 Å². The van der Waals surface area contributed by atoms with Crippen LogP contribution < -0.4 is 14.5 Å². The Morgan fingerprint density at radius 2 is 1.06 bits per heavy atom. The van der Waals surface area contributed by atoms with Gasteiger partial charge < -0.3 is 14.5 Å². The first-order valence-corrected chi connectivity index (χ1v) is 22.9. The highest BCUT2D eigenvalue weighted by Gasteiger charge is 2.36. The smallest absolute Gasteiger partial charge is 0.137 e. The van der Waals surface area contributed by atoms with E-state index in [0.717, 1.165) is 58.3 Å². The monoisotopic (exact) mass is 840 g/mol. The molecule has 314 valence electrons. The number of pyridine rings is 1. The van der Waals surface area contributed by atoms with Crippen LogP contribution in [0.4, 0.5) is 22.7 Å². The molecule has 3 heterocycles. The average Bonchev–Trinajstić information content (AvgIpc) is 3.93. The minimum atomic E-state index is -0.0302. The van der Waals surface area contributed by atoms with Gasteiger partial charge in [0, 0.05) is 51.3 Å². The number of ether oxygens (including phenoxy) is 1. The lowest BCUT2D eigenvalue weighted by molar-refractivity contribution is 0.345. The fourth-order valence-corrected chi connectivity index (χ4v) is 10.8. The first-order chi connectivity index (χ1) is 32.2. The molecule has 10 aromatic rings. The standard InChI is InChI=1S/C60H48N4O/c1-5-19-43(20-6-1)50-28-18-29-51(44-21-7-2-8-22-44)59(50)63-42-62(55-31-13-14-32-56(55)63)47-25-17-26-48(40-47)65-49-33-34-53-52-27-11-12-30-54(52)64(57(53)41-49)58-39-46(35-38-61-58)60(36-15-4-16-37-60)45-23-9-3-10-24-45/h1-3,5-14,17-35,38-41H,4,15-16,36-37,42H2. The van der Waals surface area contributed by atoms with Crippen LogP contribution in [-0.2, 0) is 5.41 Å². The third-order valence-electron chi connectivity index (χ3n) is 13.8. The van der Waals surface area contributed by atoms with Crippen molar-refractivity contribution in [1.29, 1.82) is 0 Å². The van der Waals surface area contributed by atoms with E-state index in [-0.39, 0.29) is 5.41 Å². The number of benzene rings is 8. The summed E-state index contributed by atoms with van der Waals surface area (Å²) in [6.07, 6.45) is 8.03. The van der Waals surface area contributed by atoms with Gasteiger partial charge in [0.2, 0.25) is 0 Å². The number of hydrogen-bond acceptors (Lipinski definition) is 4. The fourth-order valence-electron chi connectivity index (χ4n) is 10.8. The molecule has 5 heteroatoms. The van der Waals surface area contributed by atoms with Crippen molar-refractivity contribution in [2.75, 3.05) is 16.5 Å². The average molecular weight is 841 g/mol. The van der Waals surface area contributed by atoms with E-state index in [1.807, 2.05) is 6.20 Å². The van der Waals surface area contributed by atoms with Gasteiger partial charge in [-0.3, -0.25) is 4.57 Å². The zero-order valence-corrected chi connectivity index (χ0v) is 36.2. The molecule has 8 aromatic carbocycles. The SMILES string of the molecule is c1ccc(-c2cccc(-c3ccccc3)c2N2CN(c3cccc(Oc4ccc5c6ccccc6n(-c6cc(C7(c8ccccc8)CCCCC7)ccn6)c5c4)c3)c3ccccc32)cc1. The molecule has 0 unspecified atom stereocenters. The van der Waals surface area contributed by atoms with Crippen molar-refractivity contribution in [3.8, 4) is 39.6 Å². The molecule has 2 aromatic heterocycles. The Kier molecular flexibility index (Phi) is 9.75. The van der Waals surface area contributed by atoms with Gasteiger partial charge in [0.05, 0.1) is 28.1 Å². The summed E-state index contributed by atoms with van der Waals surface area (Å²) < 4.78 is 9.17. The van der Waals surface area contributed by atoms with Crippen molar-refractivity contribution >= 4 is 44.6 Å². The Bertz CT molecular complexity index is 3260. The summed E-state index contributed by atoms with van der Waals surface area (Å²) >= 11 is 0. The molecule has 1 saturated carbocycles. The van der Waals surface area contributed by atoms with Gasteiger partial charge in [-0.25, -0.2) is 4.98 Å². The van der Waals surface area contributed by atoms with E-state index in [1.165, 1.54) is 69.1 Å². The molecule has 0 saturated heterocycles. The van der Waals surface area contributed by atoms with Gasteiger partial charge in [-0.2, -0.15) is 0 Å². The molecule has 0 atom stereocenters. The van der Waals surface area contributed by atoms with Crippen LogP contribution in [0.5, 0.6) is 11.5 Å². The lowest BCUT2D eigenvalue weighted by Gasteiger charge is -2.38. The van der Waals surface area contributed by atoms with Gasteiger partial charge in [0.25, 0.3) is 0 Å². The second-order valence-corrected chi connectivity index (χ2v) is 17.5. The topological polar surface area (TPSA) is 33.5 Å². The quantitative estimate of drug-likeness (QED) is 0.145. The molecule has 1 aliphatic carbocycles. The van der Waals surface area contributed by atoms with Gasteiger partial charge in [-0.1, -0.05) is 165 Å². The predicted molar refractivity (Wildman–Crippen MR) is 268 cm³/mol. The van der Waals surface area contributed by atoms with Crippen molar-refractivity contribution in [2.24, 2.45) is 0 Å². The van der Waals surface area contributed by atoms with Gasteiger partial charge in [-0.15, -0.1) is 0 Å². The predicted octanol–water partition coefficient (Wildman–Crippen LogP) is 15.8. The molecule has 0 bridgehead atoms. The zero-order chi connectivity index (χ0) is 43.2. The molecule has 0 N–H and O–H groups in total. The Morgan fingerprint density at radius 3 is 1.80 bits per heavy atom. The van der Waals surface area contributed by atoms with Crippen molar-refractivity contribution in [1.82, 2.24) is 9.55 Å². The maximum Gasteiger partial charge on any atom is 0.137 e. The highest BCUT2D eigenvalue weighted by molar-refractivity contribution is 6.09. The second kappa shape index (κ2) is 16.3. The molecule has 0 spiro atoms. The molecule has 0 amide bonds. The van der Waals surface area contributed by atoms with Gasteiger partial charge in [0.15, 0.2) is 0 Å². The van der Waals surface area contributed by atoms with Gasteiger partial charge in [-0.05, 0) is 89.7 Å². The summed E-state index contributed by atoms with van der Waals surface area (Å²) in [7, 11) is 0.